The SMILES string of the molecule is O=C(O)[C@@H]1CCCN1C(=O)CCBr. The van der Waals surface area contributed by atoms with E-state index < -0.39 is 12.0 Å². The number of carboxylic acids is 1. The van der Waals surface area contributed by atoms with Crippen LogP contribution in [0.3, 0.4) is 0 Å². The summed E-state index contributed by atoms with van der Waals surface area (Å²) in [6.45, 7) is 0.586. The minimum Gasteiger partial charge on any atom is -0.480 e. The largest absolute Gasteiger partial charge is 0.480 e. The van der Waals surface area contributed by atoms with Gasteiger partial charge in [-0.05, 0) is 12.8 Å². The zero-order valence-electron chi connectivity index (χ0n) is 7.20. The van der Waals surface area contributed by atoms with E-state index in [2.05, 4.69) is 15.9 Å². The van der Waals surface area contributed by atoms with Crippen molar-refractivity contribution in [2.45, 2.75) is 25.3 Å². The second-order valence-electron chi connectivity index (χ2n) is 3.02. The first-order valence-electron chi connectivity index (χ1n) is 4.25. The lowest BCUT2D eigenvalue weighted by atomic mass is 10.2. The van der Waals surface area contributed by atoms with Gasteiger partial charge in [0, 0.05) is 18.3 Å². The summed E-state index contributed by atoms with van der Waals surface area (Å²) in [7, 11) is 0. The summed E-state index contributed by atoms with van der Waals surface area (Å²) in [5, 5.41) is 9.39. The first-order chi connectivity index (χ1) is 6.16. The predicted molar refractivity (Wildman–Crippen MR) is 50.8 cm³/mol. The maximum Gasteiger partial charge on any atom is 0.326 e. The number of nitrogens with zero attached hydrogens (tertiary/aromatic N) is 1. The summed E-state index contributed by atoms with van der Waals surface area (Å²) in [5.74, 6) is -0.956. The molecule has 74 valence electrons. The summed E-state index contributed by atoms with van der Waals surface area (Å²) in [6.07, 6.45) is 1.76. The average Bonchev–Trinajstić information content (AvgIpc) is 2.52. The molecule has 0 aromatic rings. The molecule has 1 aliphatic heterocycles. The second kappa shape index (κ2) is 4.60. The number of carboxylic acid groups (broad SMARTS) is 1. The van der Waals surface area contributed by atoms with Crippen LogP contribution in [0.25, 0.3) is 0 Å². The van der Waals surface area contributed by atoms with Gasteiger partial charge < -0.3 is 10.0 Å². The Morgan fingerprint density at radius 2 is 2.23 bits per heavy atom. The van der Waals surface area contributed by atoms with E-state index in [0.29, 0.717) is 24.7 Å². The number of carbonyl (C=O) groups is 2. The molecule has 1 amide bonds. The molecule has 1 atom stereocenters. The highest BCUT2D eigenvalue weighted by Gasteiger charge is 2.33. The zero-order chi connectivity index (χ0) is 9.84. The van der Waals surface area contributed by atoms with Gasteiger partial charge in [-0.15, -0.1) is 0 Å². The van der Waals surface area contributed by atoms with E-state index in [1.807, 2.05) is 0 Å². The molecule has 4 nitrogen and oxygen atoms in total. The minimum atomic E-state index is -0.888. The Morgan fingerprint density at radius 1 is 1.54 bits per heavy atom. The van der Waals surface area contributed by atoms with E-state index in [0.717, 1.165) is 6.42 Å². The summed E-state index contributed by atoms with van der Waals surface area (Å²) in [4.78, 5) is 23.6. The van der Waals surface area contributed by atoms with Crippen molar-refractivity contribution >= 4 is 27.8 Å². The second-order valence-corrected chi connectivity index (χ2v) is 3.82. The summed E-state index contributed by atoms with van der Waals surface area (Å²) in [5.41, 5.74) is 0. The molecular weight excluding hydrogens is 238 g/mol. The molecule has 0 spiro atoms. The molecule has 0 saturated carbocycles. The lowest BCUT2D eigenvalue weighted by Crippen LogP contribution is -2.40. The Bertz CT molecular complexity index is 219. The Kier molecular flexibility index (Phi) is 3.71. The van der Waals surface area contributed by atoms with E-state index >= 15 is 0 Å². The number of aliphatic carboxylic acids is 1. The van der Waals surface area contributed by atoms with Crippen LogP contribution in [-0.4, -0.2) is 39.8 Å². The Labute approximate surface area is 85.0 Å². The average molecular weight is 250 g/mol. The highest BCUT2D eigenvalue weighted by atomic mass is 79.9. The van der Waals surface area contributed by atoms with Crippen molar-refractivity contribution in [3.63, 3.8) is 0 Å². The minimum absolute atomic E-state index is 0.0678. The molecule has 1 saturated heterocycles. The maximum atomic E-state index is 11.4. The van der Waals surface area contributed by atoms with Crippen LogP contribution in [0.15, 0.2) is 0 Å². The fourth-order valence-corrected chi connectivity index (χ4v) is 1.89. The number of likely N-dealkylation sites (tertiary alicyclic amines) is 1. The van der Waals surface area contributed by atoms with Crippen molar-refractivity contribution in [2.75, 3.05) is 11.9 Å². The smallest absolute Gasteiger partial charge is 0.326 e. The number of hydrogen-bond donors (Lipinski definition) is 1. The molecule has 1 aliphatic rings. The zero-order valence-corrected chi connectivity index (χ0v) is 8.79. The van der Waals surface area contributed by atoms with Gasteiger partial charge in [-0.3, -0.25) is 4.79 Å². The fraction of sp³-hybridized carbons (Fsp3) is 0.750. The lowest BCUT2D eigenvalue weighted by Gasteiger charge is -2.20. The monoisotopic (exact) mass is 249 g/mol. The van der Waals surface area contributed by atoms with E-state index in [4.69, 9.17) is 5.11 Å². The van der Waals surface area contributed by atoms with Crippen molar-refractivity contribution in [3.05, 3.63) is 0 Å². The molecular formula is C8H12BrNO3. The Balaban J connectivity index is 2.57. The first-order valence-corrected chi connectivity index (χ1v) is 5.37. The number of hydrogen-bond acceptors (Lipinski definition) is 2. The number of amides is 1. The number of carbonyl (C=O) groups excluding carboxylic acids is 1. The van der Waals surface area contributed by atoms with Gasteiger partial charge >= 0.3 is 5.97 Å². The number of rotatable bonds is 3. The highest BCUT2D eigenvalue weighted by Crippen LogP contribution is 2.18. The van der Waals surface area contributed by atoms with E-state index in [-0.39, 0.29) is 5.91 Å². The Morgan fingerprint density at radius 3 is 2.77 bits per heavy atom. The van der Waals surface area contributed by atoms with Crippen molar-refractivity contribution in [3.8, 4) is 0 Å². The van der Waals surface area contributed by atoms with Gasteiger partial charge in [0.2, 0.25) is 5.91 Å². The third kappa shape index (κ3) is 2.43. The topological polar surface area (TPSA) is 57.6 Å². The number of alkyl halides is 1. The molecule has 0 radical (unpaired) electrons. The van der Waals surface area contributed by atoms with E-state index in [1.165, 1.54) is 4.90 Å². The van der Waals surface area contributed by atoms with Crippen LogP contribution in [-0.2, 0) is 9.59 Å². The van der Waals surface area contributed by atoms with Crippen LogP contribution < -0.4 is 0 Å². The van der Waals surface area contributed by atoms with Gasteiger partial charge in [0.25, 0.3) is 0 Å². The van der Waals surface area contributed by atoms with Crippen LogP contribution >= 0.6 is 15.9 Å². The third-order valence-electron chi connectivity index (χ3n) is 2.17. The third-order valence-corrected chi connectivity index (χ3v) is 2.56. The highest BCUT2D eigenvalue weighted by molar-refractivity contribution is 9.09. The molecule has 1 fully saturated rings. The molecule has 0 bridgehead atoms. The van der Waals surface area contributed by atoms with Gasteiger partial charge in [0.1, 0.15) is 6.04 Å². The lowest BCUT2D eigenvalue weighted by molar-refractivity contribution is -0.148. The summed E-state index contributed by atoms with van der Waals surface area (Å²) in [6, 6.07) is -0.591. The molecule has 13 heavy (non-hydrogen) atoms. The molecule has 5 heteroatoms. The molecule has 1 rings (SSSR count). The van der Waals surface area contributed by atoms with Crippen molar-refractivity contribution in [1.29, 1.82) is 0 Å². The Hall–Kier alpha value is -0.580. The fourth-order valence-electron chi connectivity index (χ4n) is 1.55. The van der Waals surface area contributed by atoms with Crippen molar-refractivity contribution in [1.82, 2.24) is 4.90 Å². The summed E-state index contributed by atoms with van der Waals surface area (Å²) >= 11 is 3.16. The van der Waals surface area contributed by atoms with Crippen LogP contribution in [0, 0.1) is 0 Å². The van der Waals surface area contributed by atoms with Crippen LogP contribution in [0.5, 0.6) is 0 Å². The summed E-state index contributed by atoms with van der Waals surface area (Å²) < 4.78 is 0. The molecule has 0 aromatic heterocycles. The van der Waals surface area contributed by atoms with Crippen LogP contribution in [0.2, 0.25) is 0 Å². The van der Waals surface area contributed by atoms with Crippen LogP contribution in [0.1, 0.15) is 19.3 Å². The number of halogens is 1. The van der Waals surface area contributed by atoms with Gasteiger partial charge in [-0.1, -0.05) is 15.9 Å². The molecule has 0 unspecified atom stereocenters. The van der Waals surface area contributed by atoms with Gasteiger partial charge in [0.05, 0.1) is 0 Å². The molecule has 0 aliphatic carbocycles. The van der Waals surface area contributed by atoms with E-state index in [1.54, 1.807) is 0 Å². The van der Waals surface area contributed by atoms with Crippen molar-refractivity contribution in [2.24, 2.45) is 0 Å². The molecule has 0 aromatic carbocycles. The van der Waals surface area contributed by atoms with Gasteiger partial charge in [-0.2, -0.15) is 0 Å². The quantitative estimate of drug-likeness (QED) is 0.755. The first kappa shape index (κ1) is 10.5. The normalized spacial score (nSPS) is 21.9. The van der Waals surface area contributed by atoms with Gasteiger partial charge in [0.15, 0.2) is 0 Å². The van der Waals surface area contributed by atoms with Crippen LogP contribution in [0.4, 0.5) is 0 Å². The maximum absolute atomic E-state index is 11.4. The van der Waals surface area contributed by atoms with Crippen molar-refractivity contribution < 1.29 is 14.7 Å². The molecule has 1 N–H and O–H groups in total. The molecule has 1 heterocycles. The predicted octanol–water partition coefficient (Wildman–Crippen LogP) is 0.847. The van der Waals surface area contributed by atoms with E-state index in [9.17, 15) is 9.59 Å². The van der Waals surface area contributed by atoms with Gasteiger partial charge in [-0.25, -0.2) is 4.79 Å². The standard InChI is InChI=1S/C8H12BrNO3/c9-4-3-7(11)10-5-1-2-6(10)8(12)13/h6H,1-5H2,(H,12,13)/t6-/m0/s1.